The summed E-state index contributed by atoms with van der Waals surface area (Å²) < 4.78 is 0. The first-order chi connectivity index (χ1) is 6.76. The number of hydrogen-bond acceptors (Lipinski definition) is 4. The minimum atomic E-state index is -0.283. The average Bonchev–Trinajstić information content (AvgIpc) is 2.26. The van der Waals surface area contributed by atoms with E-state index >= 15 is 0 Å². The zero-order valence-electron chi connectivity index (χ0n) is 7.60. The second-order valence-electron chi connectivity index (χ2n) is 2.92. The minimum Gasteiger partial charge on any atom is -0.392 e. The van der Waals surface area contributed by atoms with E-state index < -0.39 is 0 Å². The normalized spacial score (nSPS) is 10.2. The number of aldehydes is 1. The summed E-state index contributed by atoms with van der Waals surface area (Å²) in [6, 6.07) is 3.09. The fourth-order valence-electron chi connectivity index (χ4n) is 1.36. The van der Waals surface area contributed by atoms with Crippen molar-refractivity contribution in [1.29, 1.82) is 0 Å². The van der Waals surface area contributed by atoms with Crippen molar-refractivity contribution >= 4 is 6.29 Å². The highest BCUT2D eigenvalue weighted by Crippen LogP contribution is 2.16. The van der Waals surface area contributed by atoms with Crippen molar-refractivity contribution in [2.24, 2.45) is 0 Å². The number of benzene rings is 1. The van der Waals surface area contributed by atoms with Gasteiger partial charge in [0.15, 0.2) is 6.29 Å². The maximum Gasteiger partial charge on any atom is 0.150 e. The van der Waals surface area contributed by atoms with E-state index in [2.05, 4.69) is 0 Å². The van der Waals surface area contributed by atoms with Crippen LogP contribution < -0.4 is 0 Å². The van der Waals surface area contributed by atoms with E-state index in [1.807, 2.05) is 0 Å². The van der Waals surface area contributed by atoms with Crippen LogP contribution in [-0.4, -0.2) is 21.6 Å². The molecule has 14 heavy (non-hydrogen) atoms. The molecule has 0 spiro atoms. The van der Waals surface area contributed by atoms with Crippen LogP contribution in [0.25, 0.3) is 0 Å². The monoisotopic (exact) mass is 196 g/mol. The molecule has 0 heterocycles. The topological polar surface area (TPSA) is 77.8 Å². The third-order valence-corrected chi connectivity index (χ3v) is 2.05. The van der Waals surface area contributed by atoms with Crippen LogP contribution in [0.4, 0.5) is 0 Å². The summed E-state index contributed by atoms with van der Waals surface area (Å²) in [7, 11) is 0. The molecule has 0 atom stereocenters. The number of rotatable bonds is 4. The van der Waals surface area contributed by atoms with E-state index in [0.29, 0.717) is 28.5 Å². The molecular formula is C10H12O4. The second kappa shape index (κ2) is 4.85. The van der Waals surface area contributed by atoms with Gasteiger partial charge in [-0.2, -0.15) is 0 Å². The first kappa shape index (κ1) is 10.8. The summed E-state index contributed by atoms with van der Waals surface area (Å²) in [5.74, 6) is 0. The third kappa shape index (κ3) is 1.98. The molecule has 4 nitrogen and oxygen atoms in total. The van der Waals surface area contributed by atoms with Crippen molar-refractivity contribution in [3.05, 3.63) is 34.4 Å². The zero-order valence-corrected chi connectivity index (χ0v) is 7.60. The highest BCUT2D eigenvalue weighted by molar-refractivity contribution is 5.79. The lowest BCUT2D eigenvalue weighted by Gasteiger charge is -2.09. The van der Waals surface area contributed by atoms with Crippen LogP contribution in [0, 0.1) is 0 Å². The van der Waals surface area contributed by atoms with Gasteiger partial charge in [-0.25, -0.2) is 0 Å². The Morgan fingerprint density at radius 1 is 1.00 bits per heavy atom. The molecule has 1 aromatic carbocycles. The minimum absolute atomic E-state index is 0.181. The Bertz CT molecular complexity index is 308. The van der Waals surface area contributed by atoms with Gasteiger partial charge in [0.2, 0.25) is 0 Å². The van der Waals surface area contributed by atoms with Gasteiger partial charge >= 0.3 is 0 Å². The fraction of sp³-hybridized carbons (Fsp3) is 0.300. The predicted molar refractivity (Wildman–Crippen MR) is 49.6 cm³/mol. The Labute approximate surface area is 81.4 Å². The number of hydrogen-bond donors (Lipinski definition) is 3. The molecule has 0 aliphatic carbocycles. The van der Waals surface area contributed by atoms with Gasteiger partial charge in [0.05, 0.1) is 19.8 Å². The van der Waals surface area contributed by atoms with Crippen molar-refractivity contribution in [1.82, 2.24) is 0 Å². The van der Waals surface area contributed by atoms with Crippen LogP contribution in [0.15, 0.2) is 12.1 Å². The number of aliphatic hydroxyl groups excluding tert-OH is 3. The third-order valence-electron chi connectivity index (χ3n) is 2.05. The molecule has 0 bridgehead atoms. The summed E-state index contributed by atoms with van der Waals surface area (Å²) in [5.41, 5.74) is 1.72. The molecule has 0 saturated carbocycles. The van der Waals surface area contributed by atoms with Gasteiger partial charge in [-0.05, 0) is 16.7 Å². The van der Waals surface area contributed by atoms with Crippen LogP contribution in [0.5, 0.6) is 0 Å². The van der Waals surface area contributed by atoms with E-state index in [-0.39, 0.29) is 19.8 Å². The summed E-state index contributed by atoms with van der Waals surface area (Å²) in [4.78, 5) is 10.7. The molecule has 0 aromatic heterocycles. The highest BCUT2D eigenvalue weighted by Gasteiger charge is 2.08. The SMILES string of the molecule is O=Cc1c(CO)cc(CO)cc1CO. The van der Waals surface area contributed by atoms with Gasteiger partial charge in [-0.3, -0.25) is 4.79 Å². The molecule has 1 aromatic rings. The lowest BCUT2D eigenvalue weighted by Crippen LogP contribution is -2.02. The Kier molecular flexibility index (Phi) is 3.76. The number of carbonyl (C=O) groups is 1. The quantitative estimate of drug-likeness (QED) is 0.591. The van der Waals surface area contributed by atoms with Crippen LogP contribution in [-0.2, 0) is 19.8 Å². The van der Waals surface area contributed by atoms with Gasteiger partial charge in [0.25, 0.3) is 0 Å². The standard InChI is InChI=1S/C10H12O4/c11-3-7-1-8(4-12)10(6-14)9(2-7)5-13/h1-2,6,11-13H,3-5H2. The van der Waals surface area contributed by atoms with E-state index in [1.54, 1.807) is 12.1 Å². The molecule has 0 fully saturated rings. The molecule has 1 rings (SSSR count). The van der Waals surface area contributed by atoms with E-state index in [4.69, 9.17) is 15.3 Å². The van der Waals surface area contributed by atoms with Gasteiger partial charge in [0.1, 0.15) is 0 Å². The van der Waals surface area contributed by atoms with Gasteiger partial charge in [-0.15, -0.1) is 0 Å². The van der Waals surface area contributed by atoms with Crippen molar-refractivity contribution in [3.8, 4) is 0 Å². The van der Waals surface area contributed by atoms with Crippen molar-refractivity contribution in [3.63, 3.8) is 0 Å². The summed E-state index contributed by atoms with van der Waals surface area (Å²) >= 11 is 0. The Balaban J connectivity index is 3.31. The molecule has 4 heteroatoms. The molecule has 3 N–H and O–H groups in total. The number of aliphatic hydroxyl groups is 3. The van der Waals surface area contributed by atoms with Gasteiger partial charge < -0.3 is 15.3 Å². The van der Waals surface area contributed by atoms with Crippen molar-refractivity contribution in [2.45, 2.75) is 19.8 Å². The molecule has 0 radical (unpaired) electrons. The first-order valence-electron chi connectivity index (χ1n) is 4.19. The van der Waals surface area contributed by atoms with Crippen LogP contribution >= 0.6 is 0 Å². The molecule has 76 valence electrons. The van der Waals surface area contributed by atoms with Crippen LogP contribution in [0.3, 0.4) is 0 Å². The zero-order chi connectivity index (χ0) is 10.6. The highest BCUT2D eigenvalue weighted by atomic mass is 16.3. The van der Waals surface area contributed by atoms with E-state index in [9.17, 15) is 4.79 Å². The van der Waals surface area contributed by atoms with Gasteiger partial charge in [0, 0.05) is 5.56 Å². The smallest absolute Gasteiger partial charge is 0.150 e. The largest absolute Gasteiger partial charge is 0.392 e. The molecule has 0 aliphatic rings. The van der Waals surface area contributed by atoms with E-state index in [0.717, 1.165) is 0 Å². The molecule has 0 aliphatic heterocycles. The van der Waals surface area contributed by atoms with Crippen molar-refractivity contribution < 1.29 is 20.1 Å². The molecule has 0 saturated heterocycles. The van der Waals surface area contributed by atoms with Gasteiger partial charge in [-0.1, -0.05) is 12.1 Å². The lowest BCUT2D eigenvalue weighted by atomic mass is 9.99. The fourth-order valence-corrected chi connectivity index (χ4v) is 1.36. The van der Waals surface area contributed by atoms with E-state index in [1.165, 1.54) is 0 Å². The average molecular weight is 196 g/mol. The Morgan fingerprint density at radius 3 is 1.79 bits per heavy atom. The summed E-state index contributed by atoms with van der Waals surface area (Å²) in [5, 5.41) is 26.8. The number of carbonyl (C=O) groups excluding carboxylic acids is 1. The molecular weight excluding hydrogens is 184 g/mol. The second-order valence-corrected chi connectivity index (χ2v) is 2.92. The maximum absolute atomic E-state index is 10.7. The molecule has 0 amide bonds. The van der Waals surface area contributed by atoms with Crippen molar-refractivity contribution in [2.75, 3.05) is 0 Å². The maximum atomic E-state index is 10.7. The Morgan fingerprint density at radius 2 is 1.50 bits per heavy atom. The molecule has 0 unspecified atom stereocenters. The predicted octanol–water partition coefficient (Wildman–Crippen LogP) is -0.0240. The summed E-state index contributed by atoms with van der Waals surface area (Å²) in [6.07, 6.45) is 0.595. The first-order valence-corrected chi connectivity index (χ1v) is 4.19. The lowest BCUT2D eigenvalue weighted by molar-refractivity contribution is 0.111. The van der Waals surface area contributed by atoms with Crippen LogP contribution in [0.2, 0.25) is 0 Å². The van der Waals surface area contributed by atoms with Crippen LogP contribution in [0.1, 0.15) is 27.0 Å². The summed E-state index contributed by atoms with van der Waals surface area (Å²) in [6.45, 7) is -0.747. The Hall–Kier alpha value is -1.23.